The molecule has 2 rings (SSSR count). The van der Waals surface area contributed by atoms with E-state index in [0.29, 0.717) is 12.0 Å². The van der Waals surface area contributed by atoms with Gasteiger partial charge in [0.15, 0.2) is 5.78 Å². The number of rotatable bonds is 4. The van der Waals surface area contributed by atoms with Crippen LogP contribution in [-0.4, -0.2) is 30.3 Å². The smallest absolute Gasteiger partial charge is 0.164 e. The van der Waals surface area contributed by atoms with Crippen LogP contribution in [0.15, 0.2) is 24.3 Å². The van der Waals surface area contributed by atoms with Crippen molar-refractivity contribution in [2.45, 2.75) is 19.3 Å². The molecule has 1 aliphatic heterocycles. The number of benzene rings is 1. The molecule has 0 bridgehead atoms. The zero-order chi connectivity index (χ0) is 11.4. The molecular weight excluding hydrogens is 205 g/mol. The average Bonchev–Trinajstić information content (AvgIpc) is 2.78. The van der Waals surface area contributed by atoms with Crippen LogP contribution in [0.5, 0.6) is 0 Å². The van der Waals surface area contributed by atoms with E-state index in [4.69, 9.17) is 0 Å². The Morgan fingerprint density at radius 1 is 1.31 bits per heavy atom. The predicted octanol–water partition coefficient (Wildman–Crippen LogP) is 2.49. The van der Waals surface area contributed by atoms with Crippen LogP contribution in [-0.2, 0) is 0 Å². The molecule has 1 aromatic rings. The number of likely N-dealkylation sites (tertiary alicyclic amines) is 1. The first-order valence-electron chi connectivity index (χ1n) is 5.77. The van der Waals surface area contributed by atoms with Crippen molar-refractivity contribution in [1.29, 1.82) is 0 Å². The number of Topliss-reactive ketones (excluding diaryl/α,β-unsaturated/α-hetero) is 1. The van der Waals surface area contributed by atoms with Gasteiger partial charge in [-0.2, -0.15) is 0 Å². The molecule has 86 valence electrons. The lowest BCUT2D eigenvalue weighted by Gasteiger charge is -2.13. The van der Waals surface area contributed by atoms with Gasteiger partial charge in [0.1, 0.15) is 5.82 Å². The molecule has 0 radical (unpaired) electrons. The highest BCUT2D eigenvalue weighted by Gasteiger charge is 2.13. The summed E-state index contributed by atoms with van der Waals surface area (Å²) in [4.78, 5) is 14.0. The van der Waals surface area contributed by atoms with Gasteiger partial charge < -0.3 is 4.90 Å². The summed E-state index contributed by atoms with van der Waals surface area (Å²) < 4.78 is 12.9. The summed E-state index contributed by atoms with van der Waals surface area (Å²) in [6.45, 7) is 2.99. The summed E-state index contributed by atoms with van der Waals surface area (Å²) in [5.41, 5.74) is 0.485. The lowest BCUT2D eigenvalue weighted by molar-refractivity contribution is 0.0968. The first kappa shape index (κ1) is 11.3. The van der Waals surface area contributed by atoms with E-state index in [1.165, 1.54) is 25.0 Å². The van der Waals surface area contributed by atoms with Crippen LogP contribution in [0, 0.1) is 5.82 Å². The van der Waals surface area contributed by atoms with E-state index in [2.05, 4.69) is 4.90 Å². The largest absolute Gasteiger partial charge is 0.303 e. The van der Waals surface area contributed by atoms with Gasteiger partial charge in [0.2, 0.25) is 0 Å². The maximum absolute atomic E-state index is 12.9. The summed E-state index contributed by atoms with van der Waals surface area (Å²) >= 11 is 0. The minimum Gasteiger partial charge on any atom is -0.303 e. The maximum Gasteiger partial charge on any atom is 0.164 e. The molecule has 0 aromatic heterocycles. The summed E-state index contributed by atoms with van der Waals surface area (Å²) in [5.74, 6) is -0.307. The number of nitrogens with zero attached hydrogens (tertiary/aromatic N) is 1. The third kappa shape index (κ3) is 2.89. The van der Waals surface area contributed by atoms with Gasteiger partial charge >= 0.3 is 0 Å². The molecule has 16 heavy (non-hydrogen) atoms. The van der Waals surface area contributed by atoms with Crippen molar-refractivity contribution in [3.8, 4) is 0 Å². The predicted molar refractivity (Wildman–Crippen MR) is 61.0 cm³/mol. The molecule has 1 fully saturated rings. The zero-order valence-electron chi connectivity index (χ0n) is 9.29. The van der Waals surface area contributed by atoms with Crippen LogP contribution in [0.3, 0.4) is 0 Å². The van der Waals surface area contributed by atoms with Crippen LogP contribution in [0.25, 0.3) is 0 Å². The molecule has 0 atom stereocenters. The molecule has 0 unspecified atom stereocenters. The molecule has 3 heteroatoms. The highest BCUT2D eigenvalue weighted by atomic mass is 19.1. The summed E-state index contributed by atoms with van der Waals surface area (Å²) in [5, 5.41) is 0. The molecule has 0 aliphatic carbocycles. The van der Waals surface area contributed by atoms with E-state index in [0.717, 1.165) is 19.6 Å². The van der Waals surface area contributed by atoms with Gasteiger partial charge in [-0.05, 0) is 38.1 Å². The zero-order valence-corrected chi connectivity index (χ0v) is 9.29. The SMILES string of the molecule is O=C(CCN1CCCC1)c1cccc(F)c1. The second-order valence-electron chi connectivity index (χ2n) is 4.23. The lowest BCUT2D eigenvalue weighted by atomic mass is 10.1. The molecule has 0 saturated carbocycles. The second kappa shape index (κ2) is 5.21. The quantitative estimate of drug-likeness (QED) is 0.728. The van der Waals surface area contributed by atoms with E-state index in [1.54, 1.807) is 12.1 Å². The van der Waals surface area contributed by atoms with Gasteiger partial charge in [-0.3, -0.25) is 4.79 Å². The average molecular weight is 221 g/mol. The Kier molecular flexibility index (Phi) is 3.67. The number of carbonyl (C=O) groups is 1. The molecule has 0 spiro atoms. The Bertz CT molecular complexity index is 372. The summed E-state index contributed by atoms with van der Waals surface area (Å²) in [6.07, 6.45) is 2.95. The van der Waals surface area contributed by atoms with E-state index in [1.807, 2.05) is 0 Å². The van der Waals surface area contributed by atoms with E-state index in [9.17, 15) is 9.18 Å². The van der Waals surface area contributed by atoms with Crippen LogP contribution in [0.1, 0.15) is 29.6 Å². The lowest BCUT2D eigenvalue weighted by Crippen LogP contribution is -2.22. The number of halogens is 1. The van der Waals surface area contributed by atoms with E-state index < -0.39 is 0 Å². The van der Waals surface area contributed by atoms with Crippen molar-refractivity contribution in [3.05, 3.63) is 35.6 Å². The van der Waals surface area contributed by atoms with Crippen LogP contribution >= 0.6 is 0 Å². The molecule has 0 N–H and O–H groups in total. The van der Waals surface area contributed by atoms with Gasteiger partial charge in [-0.15, -0.1) is 0 Å². The molecule has 1 aliphatic rings. The van der Waals surface area contributed by atoms with Gasteiger partial charge in [0.05, 0.1) is 0 Å². The normalized spacial score (nSPS) is 16.6. The molecule has 0 amide bonds. The standard InChI is InChI=1S/C13H16FNO/c14-12-5-3-4-11(10-12)13(16)6-9-15-7-1-2-8-15/h3-5,10H,1-2,6-9H2. The molecule has 1 heterocycles. The van der Waals surface area contributed by atoms with Gasteiger partial charge in [-0.1, -0.05) is 12.1 Å². The Balaban J connectivity index is 1.87. The summed E-state index contributed by atoms with van der Waals surface area (Å²) in [7, 11) is 0. The van der Waals surface area contributed by atoms with Crippen LogP contribution < -0.4 is 0 Å². The third-order valence-corrected chi connectivity index (χ3v) is 3.00. The van der Waals surface area contributed by atoms with Gasteiger partial charge in [-0.25, -0.2) is 4.39 Å². The number of hydrogen-bond acceptors (Lipinski definition) is 2. The van der Waals surface area contributed by atoms with Crippen LogP contribution in [0.4, 0.5) is 4.39 Å². The van der Waals surface area contributed by atoms with Crippen LogP contribution in [0.2, 0.25) is 0 Å². The Labute approximate surface area is 95.1 Å². The molecule has 2 nitrogen and oxygen atoms in total. The second-order valence-corrected chi connectivity index (χ2v) is 4.23. The fourth-order valence-corrected chi connectivity index (χ4v) is 2.07. The van der Waals surface area contributed by atoms with Gasteiger partial charge in [0.25, 0.3) is 0 Å². The Morgan fingerprint density at radius 3 is 2.75 bits per heavy atom. The topological polar surface area (TPSA) is 20.3 Å². The first-order chi connectivity index (χ1) is 7.75. The van der Waals surface area contributed by atoms with Crippen molar-refractivity contribution >= 4 is 5.78 Å². The highest BCUT2D eigenvalue weighted by molar-refractivity contribution is 5.96. The first-order valence-corrected chi connectivity index (χ1v) is 5.77. The van der Waals surface area contributed by atoms with Crippen molar-refractivity contribution in [1.82, 2.24) is 4.90 Å². The van der Waals surface area contributed by atoms with E-state index in [-0.39, 0.29) is 11.6 Å². The minimum atomic E-state index is -0.341. The molecule has 1 saturated heterocycles. The number of carbonyl (C=O) groups excluding carboxylic acids is 1. The Morgan fingerprint density at radius 2 is 2.06 bits per heavy atom. The Hall–Kier alpha value is -1.22. The van der Waals surface area contributed by atoms with Crippen molar-refractivity contribution in [2.24, 2.45) is 0 Å². The fraction of sp³-hybridized carbons (Fsp3) is 0.462. The highest BCUT2D eigenvalue weighted by Crippen LogP contribution is 2.10. The monoisotopic (exact) mass is 221 g/mol. The van der Waals surface area contributed by atoms with Crippen molar-refractivity contribution in [2.75, 3.05) is 19.6 Å². The van der Waals surface area contributed by atoms with Gasteiger partial charge in [0, 0.05) is 18.5 Å². The third-order valence-electron chi connectivity index (χ3n) is 3.00. The van der Waals surface area contributed by atoms with Crippen molar-refractivity contribution in [3.63, 3.8) is 0 Å². The summed E-state index contributed by atoms with van der Waals surface area (Å²) in [6, 6.07) is 5.93. The molecule has 1 aromatic carbocycles. The van der Waals surface area contributed by atoms with Crippen molar-refractivity contribution < 1.29 is 9.18 Å². The fourth-order valence-electron chi connectivity index (χ4n) is 2.07. The minimum absolute atomic E-state index is 0.0337. The maximum atomic E-state index is 12.9. The number of hydrogen-bond donors (Lipinski definition) is 0. The molecular formula is C13H16FNO. The number of ketones is 1. The van der Waals surface area contributed by atoms with E-state index >= 15 is 0 Å².